The Morgan fingerprint density at radius 1 is 1.14 bits per heavy atom. The molecule has 0 aliphatic rings. The number of aryl methyl sites for hydroxylation is 1. The van der Waals surface area contributed by atoms with Gasteiger partial charge in [0.15, 0.2) is 0 Å². The zero-order chi connectivity index (χ0) is 21.8. The third-order valence-corrected chi connectivity index (χ3v) is 5.35. The molecule has 0 aliphatic carbocycles. The Hall–Kier alpha value is -2.58. The topological polar surface area (TPSA) is 95.6 Å². The van der Waals surface area contributed by atoms with E-state index in [1.54, 1.807) is 43.3 Å². The molecular formula is C20H24ClN3O4S. The lowest BCUT2D eigenvalue weighted by Crippen LogP contribution is -2.38. The summed E-state index contributed by atoms with van der Waals surface area (Å²) in [5.74, 6) is -0.916. The molecule has 156 valence electrons. The summed E-state index contributed by atoms with van der Waals surface area (Å²) in [5, 5.41) is 5.76. The molecule has 9 heteroatoms. The third kappa shape index (κ3) is 6.20. The number of nitrogens with one attached hydrogen (secondary N) is 2. The smallest absolute Gasteiger partial charge is 0.253 e. The van der Waals surface area contributed by atoms with Crippen LogP contribution in [0.3, 0.4) is 0 Å². The summed E-state index contributed by atoms with van der Waals surface area (Å²) in [4.78, 5) is 25.0. The van der Waals surface area contributed by atoms with Gasteiger partial charge in [-0.3, -0.25) is 13.9 Å². The van der Waals surface area contributed by atoms with Crippen molar-refractivity contribution >= 4 is 44.8 Å². The van der Waals surface area contributed by atoms with E-state index < -0.39 is 22.5 Å². The molecule has 0 spiro atoms. The maximum Gasteiger partial charge on any atom is 0.253 e. The number of amides is 2. The van der Waals surface area contributed by atoms with Crippen molar-refractivity contribution < 1.29 is 18.0 Å². The van der Waals surface area contributed by atoms with E-state index in [0.717, 1.165) is 10.6 Å². The first-order valence-corrected chi connectivity index (χ1v) is 11.1. The number of benzene rings is 2. The van der Waals surface area contributed by atoms with Crippen molar-refractivity contribution in [3.8, 4) is 0 Å². The summed E-state index contributed by atoms with van der Waals surface area (Å²) < 4.78 is 25.6. The fraction of sp³-hybridized carbons (Fsp3) is 0.300. The number of sulfonamides is 1. The second kappa shape index (κ2) is 9.28. The monoisotopic (exact) mass is 437 g/mol. The Morgan fingerprint density at radius 3 is 2.41 bits per heavy atom. The van der Waals surface area contributed by atoms with Crippen molar-refractivity contribution in [2.24, 2.45) is 0 Å². The van der Waals surface area contributed by atoms with Gasteiger partial charge in [-0.2, -0.15) is 0 Å². The van der Waals surface area contributed by atoms with Crippen LogP contribution in [0.5, 0.6) is 0 Å². The van der Waals surface area contributed by atoms with E-state index >= 15 is 0 Å². The minimum absolute atomic E-state index is 0.0715. The fourth-order valence-electron chi connectivity index (χ4n) is 2.68. The molecule has 2 N–H and O–H groups in total. The first-order valence-electron chi connectivity index (χ1n) is 8.92. The van der Waals surface area contributed by atoms with Gasteiger partial charge in [-0.15, -0.1) is 0 Å². The average Bonchev–Trinajstić information content (AvgIpc) is 2.61. The second-order valence-corrected chi connectivity index (χ2v) is 9.27. The van der Waals surface area contributed by atoms with Gasteiger partial charge in [0.05, 0.1) is 23.2 Å². The van der Waals surface area contributed by atoms with E-state index in [9.17, 15) is 18.0 Å². The van der Waals surface area contributed by atoms with Gasteiger partial charge < -0.3 is 10.6 Å². The van der Waals surface area contributed by atoms with Crippen LogP contribution < -0.4 is 14.9 Å². The molecule has 0 saturated heterocycles. The van der Waals surface area contributed by atoms with Gasteiger partial charge in [0.1, 0.15) is 6.54 Å². The summed E-state index contributed by atoms with van der Waals surface area (Å²) >= 11 is 6.01. The number of nitrogens with zero attached hydrogens (tertiary/aromatic N) is 1. The molecule has 0 heterocycles. The predicted octanol–water partition coefficient (Wildman–Crippen LogP) is 3.19. The molecule has 0 atom stereocenters. The molecule has 0 radical (unpaired) electrons. The molecule has 0 bridgehead atoms. The number of para-hydroxylation sites is 1. The molecule has 0 saturated carbocycles. The summed E-state index contributed by atoms with van der Waals surface area (Å²) in [7, 11) is -3.75. The highest BCUT2D eigenvalue weighted by Gasteiger charge is 2.23. The first-order chi connectivity index (χ1) is 13.5. The van der Waals surface area contributed by atoms with Gasteiger partial charge in [0.2, 0.25) is 15.9 Å². The summed E-state index contributed by atoms with van der Waals surface area (Å²) in [6, 6.07) is 11.3. The Bertz CT molecular complexity index is 1020. The van der Waals surface area contributed by atoms with Gasteiger partial charge in [0, 0.05) is 11.1 Å². The molecule has 2 amide bonds. The third-order valence-electron chi connectivity index (χ3n) is 3.99. The lowest BCUT2D eigenvalue weighted by Gasteiger charge is -2.24. The number of rotatable bonds is 7. The van der Waals surface area contributed by atoms with Gasteiger partial charge >= 0.3 is 0 Å². The van der Waals surface area contributed by atoms with Crippen molar-refractivity contribution in [1.82, 2.24) is 5.32 Å². The highest BCUT2D eigenvalue weighted by atomic mass is 35.5. The molecule has 2 aromatic carbocycles. The lowest BCUT2D eigenvalue weighted by atomic mass is 10.1. The Kier molecular flexibility index (Phi) is 7.26. The molecular weight excluding hydrogens is 414 g/mol. The van der Waals surface area contributed by atoms with Gasteiger partial charge in [-0.05, 0) is 50.6 Å². The highest BCUT2D eigenvalue weighted by Crippen LogP contribution is 2.26. The SMILES string of the molecule is Cc1ccc(Cl)cc1N(CC(=O)Nc1ccccc1C(=O)NC(C)C)S(C)(=O)=O. The standard InChI is InChI=1S/C20H24ClN3O4S/c1-13(2)22-20(26)16-7-5-6-8-17(16)23-19(25)12-24(29(4,27)28)18-11-15(21)10-9-14(18)3/h5-11,13H,12H2,1-4H3,(H,22,26)(H,23,25). The average molecular weight is 438 g/mol. The van der Waals surface area contributed by atoms with Crippen LogP contribution in [0.25, 0.3) is 0 Å². The van der Waals surface area contributed by atoms with Crippen LogP contribution in [0.2, 0.25) is 5.02 Å². The highest BCUT2D eigenvalue weighted by molar-refractivity contribution is 7.92. The number of hydrogen-bond donors (Lipinski definition) is 2. The van der Waals surface area contributed by atoms with Gasteiger partial charge in [-0.1, -0.05) is 29.8 Å². The molecule has 29 heavy (non-hydrogen) atoms. The number of anilines is 2. The summed E-state index contributed by atoms with van der Waals surface area (Å²) in [5.41, 5.74) is 1.57. The van der Waals surface area contributed by atoms with Crippen LogP contribution >= 0.6 is 11.6 Å². The van der Waals surface area contributed by atoms with E-state index in [2.05, 4.69) is 10.6 Å². The van der Waals surface area contributed by atoms with E-state index in [0.29, 0.717) is 27.5 Å². The van der Waals surface area contributed by atoms with E-state index in [1.807, 2.05) is 13.8 Å². The van der Waals surface area contributed by atoms with Crippen LogP contribution in [0, 0.1) is 6.92 Å². The zero-order valence-electron chi connectivity index (χ0n) is 16.7. The normalized spacial score (nSPS) is 11.2. The van der Waals surface area contributed by atoms with E-state index in [-0.39, 0.29) is 11.9 Å². The second-order valence-electron chi connectivity index (χ2n) is 6.92. The van der Waals surface area contributed by atoms with Crippen LogP contribution in [-0.2, 0) is 14.8 Å². The van der Waals surface area contributed by atoms with Crippen molar-refractivity contribution in [2.45, 2.75) is 26.8 Å². The van der Waals surface area contributed by atoms with Crippen molar-refractivity contribution in [1.29, 1.82) is 0 Å². The molecule has 2 aromatic rings. The van der Waals surface area contributed by atoms with Crippen LogP contribution in [0.1, 0.15) is 29.8 Å². The summed E-state index contributed by atoms with van der Waals surface area (Å²) in [6.07, 6.45) is 1.02. The number of hydrogen-bond acceptors (Lipinski definition) is 4. The van der Waals surface area contributed by atoms with Gasteiger partial charge in [-0.25, -0.2) is 8.42 Å². The van der Waals surface area contributed by atoms with Crippen molar-refractivity contribution in [3.63, 3.8) is 0 Å². The molecule has 2 rings (SSSR count). The lowest BCUT2D eigenvalue weighted by molar-refractivity contribution is -0.114. The van der Waals surface area contributed by atoms with E-state index in [4.69, 9.17) is 11.6 Å². The largest absolute Gasteiger partial charge is 0.350 e. The number of halogens is 1. The Balaban J connectivity index is 2.29. The molecule has 0 fully saturated rings. The quantitative estimate of drug-likeness (QED) is 0.695. The first kappa shape index (κ1) is 22.7. The van der Waals surface area contributed by atoms with Gasteiger partial charge in [0.25, 0.3) is 5.91 Å². The van der Waals surface area contributed by atoms with Crippen LogP contribution in [0.15, 0.2) is 42.5 Å². The number of carbonyl (C=O) groups excluding carboxylic acids is 2. The maximum atomic E-state index is 12.7. The molecule has 7 nitrogen and oxygen atoms in total. The van der Waals surface area contributed by atoms with Crippen LogP contribution in [-0.4, -0.2) is 39.1 Å². The Labute approximate surface area is 176 Å². The molecule has 0 aliphatic heterocycles. The fourth-order valence-corrected chi connectivity index (χ4v) is 3.75. The van der Waals surface area contributed by atoms with E-state index in [1.165, 1.54) is 6.07 Å². The summed E-state index contributed by atoms with van der Waals surface area (Å²) in [6.45, 7) is 4.93. The number of carbonyl (C=O) groups is 2. The zero-order valence-corrected chi connectivity index (χ0v) is 18.3. The predicted molar refractivity (Wildman–Crippen MR) is 116 cm³/mol. The minimum atomic E-state index is -3.75. The minimum Gasteiger partial charge on any atom is -0.350 e. The van der Waals surface area contributed by atoms with Crippen LogP contribution in [0.4, 0.5) is 11.4 Å². The maximum absolute atomic E-state index is 12.7. The van der Waals surface area contributed by atoms with Crippen molar-refractivity contribution in [2.75, 3.05) is 22.4 Å². The molecule has 0 aromatic heterocycles. The Morgan fingerprint density at radius 2 is 1.79 bits per heavy atom. The molecule has 0 unspecified atom stereocenters. The van der Waals surface area contributed by atoms with Crippen molar-refractivity contribution in [3.05, 3.63) is 58.6 Å².